The zero-order valence-electron chi connectivity index (χ0n) is 13.7. The molecule has 2 amide bonds. The highest BCUT2D eigenvalue weighted by Gasteiger charge is 2.23. The molecule has 1 fully saturated rings. The van der Waals surface area contributed by atoms with Crippen LogP contribution in [-0.4, -0.2) is 37.1 Å². The lowest BCUT2D eigenvalue weighted by atomic mass is 10.2. The van der Waals surface area contributed by atoms with E-state index in [4.69, 9.17) is 0 Å². The van der Waals surface area contributed by atoms with E-state index in [1.165, 1.54) is 10.5 Å². The number of carbonyl (C=O) groups excluding carboxylic acids is 1. The molecule has 0 radical (unpaired) electrons. The molecular weight excluding hydrogens is 331 g/mol. The molecule has 0 aromatic heterocycles. The van der Waals surface area contributed by atoms with E-state index in [0.29, 0.717) is 38.3 Å². The van der Waals surface area contributed by atoms with Crippen molar-refractivity contribution in [2.75, 3.05) is 36.4 Å². The number of nitrogens with zero attached hydrogens (tertiary/aromatic N) is 2. The molecule has 0 aliphatic carbocycles. The second kappa shape index (κ2) is 7.04. The molecule has 0 spiro atoms. The summed E-state index contributed by atoms with van der Waals surface area (Å²) in [6.07, 6.45) is 0. The SMILES string of the molecule is Cc1ccc(N2CCN(C(=O)Nc3c(F)cc(F)cc3F)CC2)cc1. The van der Waals surface area contributed by atoms with Crippen LogP contribution in [0.3, 0.4) is 0 Å². The molecule has 7 heteroatoms. The molecule has 0 atom stereocenters. The van der Waals surface area contributed by atoms with Crippen molar-refractivity contribution in [3.8, 4) is 0 Å². The molecular formula is C18H18F3N3O. The van der Waals surface area contributed by atoms with Crippen LogP contribution in [0.15, 0.2) is 36.4 Å². The summed E-state index contributed by atoms with van der Waals surface area (Å²) in [5, 5.41) is 2.19. The van der Waals surface area contributed by atoms with E-state index >= 15 is 0 Å². The first-order valence-electron chi connectivity index (χ1n) is 7.96. The van der Waals surface area contributed by atoms with Crippen molar-refractivity contribution in [3.63, 3.8) is 0 Å². The maximum absolute atomic E-state index is 13.6. The van der Waals surface area contributed by atoms with Gasteiger partial charge in [-0.1, -0.05) is 17.7 Å². The third kappa shape index (κ3) is 3.87. The lowest BCUT2D eigenvalue weighted by Crippen LogP contribution is -2.50. The summed E-state index contributed by atoms with van der Waals surface area (Å²) >= 11 is 0. The fourth-order valence-electron chi connectivity index (χ4n) is 2.77. The van der Waals surface area contributed by atoms with E-state index in [2.05, 4.69) is 10.2 Å². The van der Waals surface area contributed by atoms with Gasteiger partial charge in [0.25, 0.3) is 0 Å². The molecule has 4 nitrogen and oxygen atoms in total. The maximum atomic E-state index is 13.6. The number of hydrogen-bond donors (Lipinski definition) is 1. The van der Waals surface area contributed by atoms with Crippen LogP contribution in [0.2, 0.25) is 0 Å². The molecule has 0 saturated carbocycles. The molecule has 3 rings (SSSR count). The Bertz CT molecular complexity index is 749. The summed E-state index contributed by atoms with van der Waals surface area (Å²) in [6, 6.07) is 8.56. The van der Waals surface area contributed by atoms with Gasteiger partial charge in [0.05, 0.1) is 0 Å². The van der Waals surface area contributed by atoms with E-state index in [-0.39, 0.29) is 0 Å². The molecule has 1 heterocycles. The first-order chi connectivity index (χ1) is 11.9. The normalized spacial score (nSPS) is 14.6. The molecule has 0 unspecified atom stereocenters. The summed E-state index contributed by atoms with van der Waals surface area (Å²) in [4.78, 5) is 15.8. The zero-order chi connectivity index (χ0) is 18.0. The van der Waals surface area contributed by atoms with Crippen LogP contribution >= 0.6 is 0 Å². The molecule has 1 aliphatic heterocycles. The number of anilines is 2. The number of carbonyl (C=O) groups is 1. The largest absolute Gasteiger partial charge is 0.368 e. The minimum Gasteiger partial charge on any atom is -0.368 e. The van der Waals surface area contributed by atoms with Gasteiger partial charge in [-0.3, -0.25) is 0 Å². The van der Waals surface area contributed by atoms with Crippen LogP contribution in [0.4, 0.5) is 29.3 Å². The van der Waals surface area contributed by atoms with Gasteiger partial charge in [0.2, 0.25) is 0 Å². The van der Waals surface area contributed by atoms with Gasteiger partial charge in [0.1, 0.15) is 11.5 Å². The first kappa shape index (κ1) is 17.1. The van der Waals surface area contributed by atoms with Crippen molar-refractivity contribution >= 4 is 17.4 Å². The van der Waals surface area contributed by atoms with Crippen molar-refractivity contribution in [3.05, 3.63) is 59.4 Å². The Kier molecular flexibility index (Phi) is 4.83. The fourth-order valence-corrected chi connectivity index (χ4v) is 2.77. The summed E-state index contributed by atoms with van der Waals surface area (Å²) in [7, 11) is 0. The average molecular weight is 349 g/mol. The highest BCUT2D eigenvalue weighted by molar-refractivity contribution is 5.89. The number of halogens is 3. The number of rotatable bonds is 2. The molecule has 2 aromatic rings. The number of amides is 2. The van der Waals surface area contributed by atoms with Gasteiger partial charge in [-0.15, -0.1) is 0 Å². The van der Waals surface area contributed by atoms with Crippen LogP contribution in [-0.2, 0) is 0 Å². The lowest BCUT2D eigenvalue weighted by Gasteiger charge is -2.36. The third-order valence-corrected chi connectivity index (χ3v) is 4.20. The van der Waals surface area contributed by atoms with Crippen molar-refractivity contribution < 1.29 is 18.0 Å². The minimum atomic E-state index is -1.14. The van der Waals surface area contributed by atoms with E-state index in [9.17, 15) is 18.0 Å². The molecule has 2 aromatic carbocycles. The number of aryl methyl sites for hydroxylation is 1. The van der Waals surface area contributed by atoms with Crippen LogP contribution in [0.25, 0.3) is 0 Å². The Labute approximate surface area is 143 Å². The maximum Gasteiger partial charge on any atom is 0.322 e. The van der Waals surface area contributed by atoms with Crippen molar-refractivity contribution in [2.24, 2.45) is 0 Å². The second-order valence-corrected chi connectivity index (χ2v) is 5.98. The van der Waals surface area contributed by atoms with Crippen LogP contribution in [0.1, 0.15) is 5.56 Å². The monoisotopic (exact) mass is 349 g/mol. The number of nitrogens with one attached hydrogen (secondary N) is 1. The molecule has 1 saturated heterocycles. The predicted molar refractivity (Wildman–Crippen MR) is 90.3 cm³/mol. The quantitative estimate of drug-likeness (QED) is 0.896. The summed E-state index contributed by atoms with van der Waals surface area (Å²) in [5.41, 5.74) is 1.61. The van der Waals surface area contributed by atoms with Crippen molar-refractivity contribution in [1.82, 2.24) is 4.90 Å². The lowest BCUT2D eigenvalue weighted by molar-refractivity contribution is 0.208. The van der Waals surface area contributed by atoms with Crippen LogP contribution < -0.4 is 10.2 Å². The van der Waals surface area contributed by atoms with Crippen LogP contribution in [0.5, 0.6) is 0 Å². The van der Waals surface area contributed by atoms with Crippen molar-refractivity contribution in [1.29, 1.82) is 0 Å². The fraction of sp³-hybridized carbons (Fsp3) is 0.278. The van der Waals surface area contributed by atoms with Gasteiger partial charge in [-0.25, -0.2) is 18.0 Å². The van der Waals surface area contributed by atoms with Gasteiger partial charge < -0.3 is 15.1 Å². The Morgan fingerprint density at radius 3 is 2.08 bits per heavy atom. The number of piperazine rings is 1. The first-order valence-corrected chi connectivity index (χ1v) is 7.96. The van der Waals surface area contributed by atoms with Gasteiger partial charge in [-0.05, 0) is 19.1 Å². The van der Waals surface area contributed by atoms with Gasteiger partial charge >= 0.3 is 6.03 Å². The smallest absolute Gasteiger partial charge is 0.322 e. The number of urea groups is 1. The van der Waals surface area contributed by atoms with E-state index in [1.807, 2.05) is 31.2 Å². The topological polar surface area (TPSA) is 35.6 Å². The molecule has 25 heavy (non-hydrogen) atoms. The summed E-state index contributed by atoms with van der Waals surface area (Å²) in [5.74, 6) is -3.30. The molecule has 1 aliphatic rings. The standard InChI is InChI=1S/C18H18F3N3O/c1-12-2-4-14(5-3-12)23-6-8-24(9-7-23)18(25)22-17-15(20)10-13(19)11-16(17)21/h2-5,10-11H,6-9H2,1H3,(H,22,25). The molecule has 132 valence electrons. The molecule has 0 bridgehead atoms. The van der Waals surface area contributed by atoms with E-state index in [0.717, 1.165) is 5.69 Å². The summed E-state index contributed by atoms with van der Waals surface area (Å²) in [6.45, 7) is 4.09. The highest BCUT2D eigenvalue weighted by atomic mass is 19.1. The van der Waals surface area contributed by atoms with Crippen molar-refractivity contribution in [2.45, 2.75) is 6.92 Å². The van der Waals surface area contributed by atoms with E-state index < -0.39 is 29.2 Å². The highest BCUT2D eigenvalue weighted by Crippen LogP contribution is 2.21. The Morgan fingerprint density at radius 2 is 1.52 bits per heavy atom. The Morgan fingerprint density at radius 1 is 0.960 bits per heavy atom. The van der Waals surface area contributed by atoms with Crippen LogP contribution in [0, 0.1) is 24.4 Å². The predicted octanol–water partition coefficient (Wildman–Crippen LogP) is 3.77. The zero-order valence-corrected chi connectivity index (χ0v) is 13.7. The molecule has 1 N–H and O–H groups in total. The number of hydrogen-bond acceptors (Lipinski definition) is 2. The average Bonchev–Trinajstić information content (AvgIpc) is 2.59. The van der Waals surface area contributed by atoms with E-state index in [1.54, 1.807) is 0 Å². The Balaban J connectivity index is 1.61. The second-order valence-electron chi connectivity index (χ2n) is 5.98. The van der Waals surface area contributed by atoms with Gasteiger partial charge in [0, 0.05) is 44.0 Å². The van der Waals surface area contributed by atoms with Gasteiger partial charge in [-0.2, -0.15) is 0 Å². The minimum absolute atomic E-state index is 0.421. The Hall–Kier alpha value is -2.70. The third-order valence-electron chi connectivity index (χ3n) is 4.20. The van der Waals surface area contributed by atoms with Gasteiger partial charge in [0.15, 0.2) is 11.6 Å². The number of benzene rings is 2. The summed E-state index contributed by atoms with van der Waals surface area (Å²) < 4.78 is 40.2.